The number of thiol groups is 1. The van der Waals surface area contributed by atoms with Gasteiger partial charge in [-0.3, -0.25) is 19.4 Å². The molecule has 0 heterocycles. The number of hydrogen-bond acceptors (Lipinski definition) is 8. The molecule has 196 valence electrons. The first-order chi connectivity index (χ1) is 15.9. The summed E-state index contributed by atoms with van der Waals surface area (Å²) in [6, 6.07) is -4.05. The summed E-state index contributed by atoms with van der Waals surface area (Å²) in [6.45, 7) is 4.15. The monoisotopic (exact) mass is 504 g/mol. The van der Waals surface area contributed by atoms with Gasteiger partial charge in [0.05, 0.1) is 6.04 Å². The van der Waals surface area contributed by atoms with E-state index in [0.717, 1.165) is 0 Å². The lowest BCUT2D eigenvalue weighted by Crippen LogP contribution is -2.58. The number of carboxylic acids is 1. The first-order valence-electron chi connectivity index (χ1n) is 11.2. The molecule has 4 atom stereocenters. The molecule has 12 N–H and O–H groups in total. The number of aliphatic carboxylic acids is 1. The summed E-state index contributed by atoms with van der Waals surface area (Å²) < 4.78 is 0. The van der Waals surface area contributed by atoms with Crippen LogP contribution in [0.4, 0.5) is 0 Å². The van der Waals surface area contributed by atoms with Crippen LogP contribution >= 0.6 is 12.6 Å². The molecule has 0 bridgehead atoms. The molecule has 0 saturated carbocycles. The van der Waals surface area contributed by atoms with Crippen molar-refractivity contribution in [1.82, 2.24) is 16.0 Å². The largest absolute Gasteiger partial charge is 0.480 e. The van der Waals surface area contributed by atoms with Gasteiger partial charge in [-0.1, -0.05) is 13.8 Å². The molecule has 0 rings (SSSR count). The number of guanidine groups is 1. The van der Waals surface area contributed by atoms with Crippen molar-refractivity contribution in [2.75, 3.05) is 18.8 Å². The van der Waals surface area contributed by atoms with Gasteiger partial charge in [-0.2, -0.15) is 12.6 Å². The molecule has 0 aliphatic heterocycles. The Morgan fingerprint density at radius 3 is 2.03 bits per heavy atom. The van der Waals surface area contributed by atoms with E-state index >= 15 is 0 Å². The van der Waals surface area contributed by atoms with Crippen molar-refractivity contribution in [2.45, 2.75) is 70.1 Å². The molecule has 0 aromatic rings. The van der Waals surface area contributed by atoms with Crippen LogP contribution in [0.3, 0.4) is 0 Å². The second kappa shape index (κ2) is 16.9. The summed E-state index contributed by atoms with van der Waals surface area (Å²) >= 11 is 3.93. The van der Waals surface area contributed by atoms with Crippen molar-refractivity contribution in [3.05, 3.63) is 0 Å². The number of carbonyl (C=O) groups is 4. The molecule has 34 heavy (non-hydrogen) atoms. The summed E-state index contributed by atoms with van der Waals surface area (Å²) in [4.78, 5) is 53.2. The average Bonchev–Trinajstić information content (AvgIpc) is 2.76. The van der Waals surface area contributed by atoms with Gasteiger partial charge in [0.15, 0.2) is 5.96 Å². The molecule has 3 amide bonds. The number of nitrogens with two attached hydrogens (primary N) is 4. The van der Waals surface area contributed by atoms with Gasteiger partial charge in [0.2, 0.25) is 17.7 Å². The predicted octanol–water partition coefficient (Wildman–Crippen LogP) is -2.38. The number of rotatable bonds is 17. The third kappa shape index (κ3) is 12.6. The zero-order valence-corrected chi connectivity index (χ0v) is 20.7. The quantitative estimate of drug-likeness (QED) is 0.0444. The normalized spacial score (nSPS) is 14.4. The maximum absolute atomic E-state index is 13.0. The van der Waals surface area contributed by atoms with Crippen molar-refractivity contribution in [1.29, 1.82) is 0 Å². The van der Waals surface area contributed by atoms with E-state index in [1.807, 2.05) is 0 Å². The minimum absolute atomic E-state index is 0.0533. The number of aliphatic imine (C=N–C) groups is 1. The Bertz CT molecular complexity index is 702. The van der Waals surface area contributed by atoms with Crippen molar-refractivity contribution < 1.29 is 24.3 Å². The van der Waals surface area contributed by atoms with Gasteiger partial charge in [0.1, 0.15) is 18.1 Å². The van der Waals surface area contributed by atoms with Crippen LogP contribution in [0.1, 0.15) is 46.0 Å². The fourth-order valence-corrected chi connectivity index (χ4v) is 3.17. The lowest BCUT2D eigenvalue weighted by atomic mass is 10.0. The van der Waals surface area contributed by atoms with Crippen molar-refractivity contribution in [2.24, 2.45) is 33.8 Å². The van der Waals surface area contributed by atoms with E-state index in [-0.39, 0.29) is 24.1 Å². The van der Waals surface area contributed by atoms with Crippen LogP contribution in [0.5, 0.6) is 0 Å². The zero-order valence-electron chi connectivity index (χ0n) is 19.8. The highest BCUT2D eigenvalue weighted by Crippen LogP contribution is 2.07. The van der Waals surface area contributed by atoms with Crippen LogP contribution in [-0.4, -0.2) is 77.8 Å². The molecule has 0 saturated heterocycles. The van der Waals surface area contributed by atoms with Crippen molar-refractivity contribution >= 4 is 42.3 Å². The molecule has 0 spiro atoms. The zero-order chi connectivity index (χ0) is 26.3. The lowest BCUT2D eigenvalue weighted by Gasteiger charge is -2.27. The Labute approximate surface area is 205 Å². The van der Waals surface area contributed by atoms with Crippen LogP contribution in [0.25, 0.3) is 0 Å². The first-order valence-corrected chi connectivity index (χ1v) is 11.8. The fourth-order valence-electron chi connectivity index (χ4n) is 2.93. The first kappa shape index (κ1) is 31.4. The summed E-state index contributed by atoms with van der Waals surface area (Å²) in [6.07, 6.45) is 2.27. The van der Waals surface area contributed by atoms with Crippen LogP contribution in [0.2, 0.25) is 0 Å². The van der Waals surface area contributed by atoms with Crippen LogP contribution in [0, 0.1) is 5.92 Å². The Hall–Kier alpha value is -2.58. The third-order valence-corrected chi connectivity index (χ3v) is 5.29. The van der Waals surface area contributed by atoms with Gasteiger partial charge < -0.3 is 44.0 Å². The molecule has 13 nitrogen and oxygen atoms in total. The summed E-state index contributed by atoms with van der Waals surface area (Å²) in [5, 5.41) is 16.8. The fraction of sp³-hybridized carbons (Fsp3) is 0.750. The Morgan fingerprint density at radius 1 is 0.912 bits per heavy atom. The number of unbranched alkanes of at least 4 members (excludes halogenated alkanes) is 1. The Balaban J connectivity index is 5.25. The highest BCUT2D eigenvalue weighted by molar-refractivity contribution is 7.80. The summed E-state index contributed by atoms with van der Waals surface area (Å²) in [7, 11) is 0. The van der Waals surface area contributed by atoms with Gasteiger partial charge in [-0.05, 0) is 44.6 Å². The molecule has 14 heteroatoms. The third-order valence-electron chi connectivity index (χ3n) is 4.93. The topological polar surface area (TPSA) is 241 Å². The van der Waals surface area contributed by atoms with E-state index in [2.05, 4.69) is 33.6 Å². The van der Waals surface area contributed by atoms with E-state index in [9.17, 15) is 19.2 Å². The maximum Gasteiger partial charge on any atom is 0.327 e. The molecular weight excluding hydrogens is 464 g/mol. The average molecular weight is 505 g/mol. The predicted molar refractivity (Wildman–Crippen MR) is 133 cm³/mol. The number of amides is 3. The number of carboxylic acid groups (broad SMARTS) is 1. The molecule has 4 unspecified atom stereocenters. The van der Waals surface area contributed by atoms with Crippen LogP contribution < -0.4 is 38.9 Å². The van der Waals surface area contributed by atoms with Gasteiger partial charge in [0, 0.05) is 12.3 Å². The summed E-state index contributed by atoms with van der Waals surface area (Å²) in [5.74, 6) is -3.52. The summed E-state index contributed by atoms with van der Waals surface area (Å²) in [5.41, 5.74) is 22.0. The van der Waals surface area contributed by atoms with E-state index in [1.165, 1.54) is 0 Å². The van der Waals surface area contributed by atoms with E-state index in [0.29, 0.717) is 38.8 Å². The van der Waals surface area contributed by atoms with Gasteiger partial charge in [-0.15, -0.1) is 0 Å². The van der Waals surface area contributed by atoms with Crippen molar-refractivity contribution in [3.63, 3.8) is 0 Å². The minimum atomic E-state index is -1.24. The second-order valence-corrected chi connectivity index (χ2v) is 8.58. The smallest absolute Gasteiger partial charge is 0.327 e. The molecule has 0 aliphatic carbocycles. The number of hydrogen-bond donors (Lipinski definition) is 9. The highest BCUT2D eigenvalue weighted by Gasteiger charge is 2.31. The molecule has 0 aliphatic rings. The minimum Gasteiger partial charge on any atom is -0.480 e. The van der Waals surface area contributed by atoms with Gasteiger partial charge in [0.25, 0.3) is 0 Å². The molecule has 0 aromatic carbocycles. The Morgan fingerprint density at radius 2 is 1.53 bits per heavy atom. The number of nitrogens with zero attached hydrogens (tertiary/aromatic N) is 1. The van der Waals surface area contributed by atoms with Crippen LogP contribution in [-0.2, 0) is 19.2 Å². The maximum atomic E-state index is 13.0. The Kier molecular flexibility index (Phi) is 15.7. The second-order valence-electron chi connectivity index (χ2n) is 8.21. The lowest BCUT2D eigenvalue weighted by molar-refractivity contribution is -0.142. The van der Waals surface area contributed by atoms with Crippen molar-refractivity contribution in [3.8, 4) is 0 Å². The van der Waals surface area contributed by atoms with E-state index < -0.39 is 47.9 Å². The van der Waals surface area contributed by atoms with E-state index in [4.69, 9.17) is 28.0 Å². The molecule has 0 aromatic heterocycles. The molecule has 0 fully saturated rings. The van der Waals surface area contributed by atoms with Gasteiger partial charge >= 0.3 is 5.97 Å². The molecular formula is C20H40N8O5S. The van der Waals surface area contributed by atoms with E-state index in [1.54, 1.807) is 13.8 Å². The number of nitrogens with one attached hydrogen (secondary N) is 3. The SMILES string of the molecule is CC(C)C(NC(=O)C(CCCCN)NC(=O)C(N)CCCN=C(N)N)C(=O)NC(CS)C(=O)O. The standard InChI is InChI=1S/C20H40N8O5S/c1-11(2)15(18(31)27-14(10-34)19(32)33)28-17(30)13(7-3-4-8-21)26-16(29)12(22)6-5-9-25-20(23)24/h11-15,34H,3-10,21-22H2,1-2H3,(H,26,29)(H,27,31)(H,28,30)(H,32,33)(H4,23,24,25). The highest BCUT2D eigenvalue weighted by atomic mass is 32.1. The number of carbonyl (C=O) groups excluding carboxylic acids is 3. The van der Waals surface area contributed by atoms with Crippen LogP contribution in [0.15, 0.2) is 4.99 Å². The molecule has 0 radical (unpaired) electrons. The van der Waals surface area contributed by atoms with Gasteiger partial charge in [-0.25, -0.2) is 4.79 Å².